The SMILES string of the molecule is CC(C)(C)c1cc(CCC(=O)NCCOCCO)cc(-n2nc3ccc(Cl)cc3n2)c1O. The zero-order valence-electron chi connectivity index (χ0n) is 18.6. The summed E-state index contributed by atoms with van der Waals surface area (Å²) in [4.78, 5) is 13.6. The van der Waals surface area contributed by atoms with Crippen molar-refractivity contribution in [2.24, 2.45) is 0 Å². The Balaban J connectivity index is 1.83. The monoisotopic (exact) mass is 460 g/mol. The molecule has 9 heteroatoms. The molecule has 2 aromatic carbocycles. The number of rotatable bonds is 9. The molecule has 0 aliphatic carbocycles. The number of aryl methyl sites for hydroxylation is 1. The molecule has 0 saturated heterocycles. The van der Waals surface area contributed by atoms with E-state index in [1.165, 1.54) is 4.80 Å². The number of benzene rings is 2. The lowest BCUT2D eigenvalue weighted by atomic mass is 9.84. The fourth-order valence-electron chi connectivity index (χ4n) is 3.32. The molecule has 1 amide bonds. The van der Waals surface area contributed by atoms with Gasteiger partial charge in [-0.05, 0) is 41.7 Å². The second kappa shape index (κ2) is 10.3. The number of hydrogen-bond donors (Lipinski definition) is 3. The van der Waals surface area contributed by atoms with E-state index in [2.05, 4.69) is 15.5 Å². The van der Waals surface area contributed by atoms with Gasteiger partial charge in [-0.1, -0.05) is 38.4 Å². The number of nitrogens with one attached hydrogen (secondary N) is 1. The molecular weight excluding hydrogens is 432 g/mol. The van der Waals surface area contributed by atoms with Crippen molar-refractivity contribution in [1.82, 2.24) is 20.3 Å². The highest BCUT2D eigenvalue weighted by Gasteiger charge is 2.23. The highest BCUT2D eigenvalue weighted by atomic mass is 35.5. The number of fused-ring (bicyclic) bond motifs is 1. The number of aliphatic hydroxyl groups excluding tert-OH is 1. The Morgan fingerprint density at radius 3 is 2.62 bits per heavy atom. The Morgan fingerprint density at radius 2 is 1.91 bits per heavy atom. The van der Waals surface area contributed by atoms with E-state index < -0.39 is 0 Å². The highest BCUT2D eigenvalue weighted by Crippen LogP contribution is 2.36. The van der Waals surface area contributed by atoms with Crippen LogP contribution in [0.15, 0.2) is 30.3 Å². The smallest absolute Gasteiger partial charge is 0.220 e. The van der Waals surface area contributed by atoms with Gasteiger partial charge in [-0.3, -0.25) is 4.79 Å². The molecule has 1 aromatic heterocycles. The molecule has 0 saturated carbocycles. The summed E-state index contributed by atoms with van der Waals surface area (Å²) in [6.45, 7) is 7.00. The van der Waals surface area contributed by atoms with Crippen LogP contribution in [0.4, 0.5) is 0 Å². The topological polar surface area (TPSA) is 110 Å². The zero-order chi connectivity index (χ0) is 23.3. The van der Waals surface area contributed by atoms with Crippen LogP contribution in [-0.4, -0.2) is 57.5 Å². The molecule has 0 radical (unpaired) electrons. The fraction of sp³-hybridized carbons (Fsp3) is 0.435. The maximum Gasteiger partial charge on any atom is 0.220 e. The Kier molecular flexibility index (Phi) is 7.71. The lowest BCUT2D eigenvalue weighted by molar-refractivity contribution is -0.121. The first-order chi connectivity index (χ1) is 15.2. The van der Waals surface area contributed by atoms with Gasteiger partial charge >= 0.3 is 0 Å². The van der Waals surface area contributed by atoms with Crippen molar-refractivity contribution in [2.75, 3.05) is 26.4 Å². The highest BCUT2D eigenvalue weighted by molar-refractivity contribution is 6.31. The Hall–Kier alpha value is -2.68. The predicted molar refractivity (Wildman–Crippen MR) is 123 cm³/mol. The molecule has 3 N–H and O–H groups in total. The largest absolute Gasteiger partial charge is 0.505 e. The van der Waals surface area contributed by atoms with E-state index in [0.29, 0.717) is 41.3 Å². The summed E-state index contributed by atoms with van der Waals surface area (Å²) in [7, 11) is 0. The van der Waals surface area contributed by atoms with Gasteiger partial charge in [-0.25, -0.2) is 0 Å². The Bertz CT molecular complexity index is 1090. The van der Waals surface area contributed by atoms with E-state index in [0.717, 1.165) is 11.1 Å². The molecule has 0 aliphatic heterocycles. The lowest BCUT2D eigenvalue weighted by Crippen LogP contribution is -2.27. The van der Waals surface area contributed by atoms with Crippen molar-refractivity contribution < 1.29 is 19.7 Å². The van der Waals surface area contributed by atoms with Crippen LogP contribution in [0.25, 0.3) is 16.7 Å². The number of aliphatic hydroxyl groups is 1. The molecule has 0 atom stereocenters. The number of carbonyl (C=O) groups is 1. The van der Waals surface area contributed by atoms with E-state index >= 15 is 0 Å². The number of aromatic nitrogens is 3. The number of hydrogen-bond acceptors (Lipinski definition) is 6. The van der Waals surface area contributed by atoms with Gasteiger partial charge in [0.15, 0.2) is 0 Å². The molecular formula is C23H29ClN4O4. The summed E-state index contributed by atoms with van der Waals surface area (Å²) in [5, 5.41) is 32.0. The number of amides is 1. The average molecular weight is 461 g/mol. The minimum atomic E-state index is -0.322. The van der Waals surface area contributed by atoms with Crippen molar-refractivity contribution in [3.8, 4) is 11.4 Å². The van der Waals surface area contributed by atoms with Gasteiger partial charge in [0.2, 0.25) is 5.91 Å². The third kappa shape index (κ3) is 5.97. The van der Waals surface area contributed by atoms with Gasteiger partial charge in [0.25, 0.3) is 0 Å². The molecule has 0 bridgehead atoms. The van der Waals surface area contributed by atoms with Crippen LogP contribution in [-0.2, 0) is 21.4 Å². The summed E-state index contributed by atoms with van der Waals surface area (Å²) >= 11 is 6.06. The number of nitrogens with zero attached hydrogens (tertiary/aromatic N) is 3. The first kappa shape index (κ1) is 24.0. The quantitative estimate of drug-likeness (QED) is 0.423. The van der Waals surface area contributed by atoms with Gasteiger partial charge in [0.1, 0.15) is 22.5 Å². The molecule has 0 spiro atoms. The van der Waals surface area contributed by atoms with Crippen molar-refractivity contribution in [3.05, 3.63) is 46.5 Å². The fourth-order valence-corrected chi connectivity index (χ4v) is 3.48. The molecule has 3 aromatic rings. The van der Waals surface area contributed by atoms with Gasteiger partial charge in [0, 0.05) is 23.6 Å². The summed E-state index contributed by atoms with van der Waals surface area (Å²) < 4.78 is 5.14. The van der Waals surface area contributed by atoms with Crippen LogP contribution in [0.1, 0.15) is 38.3 Å². The van der Waals surface area contributed by atoms with Crippen LogP contribution in [0.5, 0.6) is 5.75 Å². The van der Waals surface area contributed by atoms with Crippen molar-refractivity contribution in [1.29, 1.82) is 0 Å². The standard InChI is InChI=1S/C23H29ClN4O4/c1-23(2,3)17-12-15(4-7-21(30)25-8-10-32-11-9-29)13-20(22(17)31)28-26-18-6-5-16(24)14-19(18)27-28/h5-6,12-14,29,31H,4,7-11H2,1-3H3,(H,25,30). The second-order valence-corrected chi connectivity index (χ2v) is 9.01. The molecule has 0 unspecified atom stereocenters. The summed E-state index contributed by atoms with van der Waals surface area (Å²) in [6.07, 6.45) is 0.782. The molecule has 0 fully saturated rings. The van der Waals surface area contributed by atoms with Gasteiger partial charge in [-0.2, -0.15) is 0 Å². The van der Waals surface area contributed by atoms with Crippen LogP contribution in [0.2, 0.25) is 5.02 Å². The predicted octanol–water partition coefficient (Wildman–Crippen LogP) is 3.13. The third-order valence-corrected chi connectivity index (χ3v) is 5.20. The van der Waals surface area contributed by atoms with E-state index in [-0.39, 0.29) is 36.7 Å². The van der Waals surface area contributed by atoms with Crippen LogP contribution >= 0.6 is 11.6 Å². The number of carbonyl (C=O) groups excluding carboxylic acids is 1. The minimum Gasteiger partial charge on any atom is -0.505 e. The van der Waals surface area contributed by atoms with Gasteiger partial charge in [0.05, 0.1) is 19.8 Å². The second-order valence-electron chi connectivity index (χ2n) is 8.57. The zero-order valence-corrected chi connectivity index (χ0v) is 19.3. The molecule has 32 heavy (non-hydrogen) atoms. The van der Waals surface area contributed by atoms with Crippen molar-refractivity contribution in [3.63, 3.8) is 0 Å². The third-order valence-electron chi connectivity index (χ3n) is 4.96. The van der Waals surface area contributed by atoms with Crippen LogP contribution < -0.4 is 5.32 Å². The van der Waals surface area contributed by atoms with E-state index in [1.807, 2.05) is 32.9 Å². The lowest BCUT2D eigenvalue weighted by Gasteiger charge is -2.23. The summed E-state index contributed by atoms with van der Waals surface area (Å²) in [6, 6.07) is 8.98. The van der Waals surface area contributed by atoms with Crippen LogP contribution in [0, 0.1) is 0 Å². The maximum absolute atomic E-state index is 12.2. The molecule has 8 nitrogen and oxygen atoms in total. The molecule has 0 aliphatic rings. The molecule has 1 heterocycles. The first-order valence-electron chi connectivity index (χ1n) is 10.5. The molecule has 3 rings (SSSR count). The summed E-state index contributed by atoms with van der Waals surface area (Å²) in [5.41, 5.74) is 3.08. The average Bonchev–Trinajstić information content (AvgIpc) is 3.14. The van der Waals surface area contributed by atoms with Crippen LogP contribution in [0.3, 0.4) is 0 Å². The number of ether oxygens (including phenoxy) is 1. The number of halogens is 1. The maximum atomic E-state index is 12.2. The minimum absolute atomic E-state index is 0.0407. The molecule has 172 valence electrons. The first-order valence-corrected chi connectivity index (χ1v) is 10.9. The number of phenolic OH excluding ortho intramolecular Hbond substituents is 1. The van der Waals surface area contributed by atoms with Crippen molar-refractivity contribution in [2.45, 2.75) is 39.0 Å². The van der Waals surface area contributed by atoms with E-state index in [4.69, 9.17) is 21.4 Å². The normalized spacial score (nSPS) is 11.8. The Labute approximate surface area is 192 Å². The van der Waals surface area contributed by atoms with Gasteiger partial charge in [-0.15, -0.1) is 15.0 Å². The number of aromatic hydroxyl groups is 1. The van der Waals surface area contributed by atoms with Gasteiger partial charge < -0.3 is 20.3 Å². The van der Waals surface area contributed by atoms with Crippen molar-refractivity contribution >= 4 is 28.5 Å². The van der Waals surface area contributed by atoms with E-state index in [9.17, 15) is 9.90 Å². The van der Waals surface area contributed by atoms with E-state index in [1.54, 1.807) is 18.2 Å². The summed E-state index contributed by atoms with van der Waals surface area (Å²) in [5.74, 6) is 0.0141. The Morgan fingerprint density at radius 1 is 1.16 bits per heavy atom. The number of phenols is 1.